The predicted octanol–water partition coefficient (Wildman–Crippen LogP) is 7.24. The van der Waals surface area contributed by atoms with E-state index in [1.54, 1.807) is 11.8 Å². The Morgan fingerprint density at radius 3 is 2.06 bits per heavy atom. The molecule has 1 aromatic heterocycles. The van der Waals surface area contributed by atoms with E-state index in [9.17, 15) is 4.79 Å². The van der Waals surface area contributed by atoms with Crippen LogP contribution < -0.4 is 5.32 Å². The minimum atomic E-state index is -0.533. The summed E-state index contributed by atoms with van der Waals surface area (Å²) in [5.41, 5.74) is 1.73. The lowest BCUT2D eigenvalue weighted by Crippen LogP contribution is -2.11. The molecule has 0 radical (unpaired) electrons. The van der Waals surface area contributed by atoms with Crippen LogP contribution in [0.25, 0.3) is 32.6 Å². The largest absolute Gasteiger partial charge is 0.453 e. The molecule has 0 saturated heterocycles. The van der Waals surface area contributed by atoms with Crippen LogP contribution in [0.15, 0.2) is 83.8 Å². The van der Waals surface area contributed by atoms with Gasteiger partial charge in [0.1, 0.15) is 0 Å². The van der Waals surface area contributed by atoms with Crippen molar-refractivity contribution in [2.45, 2.75) is 18.2 Å². The summed E-state index contributed by atoms with van der Waals surface area (Å²) < 4.78 is 4.51. The second-order valence-corrected chi connectivity index (χ2v) is 8.44. The Bertz CT molecular complexity index is 1260. The Kier molecular flexibility index (Phi) is 6.92. The highest BCUT2D eigenvalue weighted by Gasteiger charge is 2.07. The van der Waals surface area contributed by atoms with Gasteiger partial charge in [-0.05, 0) is 64.1 Å². The Morgan fingerprint density at radius 1 is 0.938 bits per heavy atom. The smallest absolute Gasteiger partial charge is 0.413 e. The van der Waals surface area contributed by atoms with Crippen LogP contribution in [0.1, 0.15) is 13.3 Å². The van der Waals surface area contributed by atoms with Crippen LogP contribution in [0, 0.1) is 0 Å². The van der Waals surface area contributed by atoms with Gasteiger partial charge in [-0.3, -0.25) is 5.32 Å². The summed E-state index contributed by atoms with van der Waals surface area (Å²) in [7, 11) is 1.32. The number of imidazole rings is 1. The zero-order chi connectivity index (χ0) is 22.3. The summed E-state index contributed by atoms with van der Waals surface area (Å²) in [4.78, 5) is 19.5. The van der Waals surface area contributed by atoms with Crippen molar-refractivity contribution in [3.05, 3.63) is 78.9 Å². The van der Waals surface area contributed by atoms with Crippen LogP contribution in [0.4, 0.5) is 10.7 Å². The maximum atomic E-state index is 11.1. The molecule has 0 aliphatic rings. The molecule has 5 nitrogen and oxygen atoms in total. The number of benzene rings is 4. The number of rotatable bonds is 4. The van der Waals surface area contributed by atoms with Crippen LogP contribution in [0.5, 0.6) is 0 Å². The number of carbonyl (C=O) groups excluding carboxylic acids is 1. The van der Waals surface area contributed by atoms with Crippen LogP contribution in [-0.2, 0) is 4.74 Å². The van der Waals surface area contributed by atoms with Gasteiger partial charge in [0.15, 0.2) is 0 Å². The van der Waals surface area contributed by atoms with Crippen molar-refractivity contribution >= 4 is 56.4 Å². The maximum Gasteiger partial charge on any atom is 0.413 e. The average Bonchev–Trinajstić information content (AvgIpc) is 3.23. The molecule has 0 saturated carbocycles. The first-order valence-electron chi connectivity index (χ1n) is 10.5. The zero-order valence-electron chi connectivity index (χ0n) is 18.1. The van der Waals surface area contributed by atoms with Gasteiger partial charge < -0.3 is 9.72 Å². The molecule has 1 amide bonds. The highest BCUT2D eigenvalue weighted by molar-refractivity contribution is 7.99. The third kappa shape index (κ3) is 5.21. The number of hydrogen-bond donors (Lipinski definition) is 2. The molecule has 0 fully saturated rings. The second-order valence-electron chi connectivity index (χ2n) is 7.28. The molecule has 2 N–H and O–H groups in total. The number of nitrogens with zero attached hydrogens (tertiary/aromatic N) is 1. The van der Waals surface area contributed by atoms with Gasteiger partial charge in [0, 0.05) is 4.90 Å². The molecule has 6 heteroatoms. The Morgan fingerprint density at radius 2 is 1.53 bits per heavy atom. The number of methoxy groups -OCH3 is 1. The number of fused-ring (bicyclic) bond motifs is 3. The number of nitrogens with one attached hydrogen (secondary N) is 2. The monoisotopic (exact) mass is 443 g/mol. The Hall–Kier alpha value is -3.51. The average molecular weight is 444 g/mol. The quantitative estimate of drug-likeness (QED) is 0.227. The molecule has 0 aliphatic carbocycles. The molecule has 0 spiro atoms. The molecular weight excluding hydrogens is 418 g/mol. The van der Waals surface area contributed by atoms with E-state index in [4.69, 9.17) is 0 Å². The fourth-order valence-electron chi connectivity index (χ4n) is 3.39. The fourth-order valence-corrected chi connectivity index (χ4v) is 4.19. The zero-order valence-corrected chi connectivity index (χ0v) is 18.9. The van der Waals surface area contributed by atoms with Gasteiger partial charge in [-0.15, -0.1) is 11.8 Å². The first kappa shape index (κ1) is 21.7. The summed E-state index contributed by atoms with van der Waals surface area (Å²) in [6.07, 6.45) is 0.607. The summed E-state index contributed by atoms with van der Waals surface area (Å²) in [6.45, 7) is 2.15. The molecule has 0 unspecified atom stereocenters. The van der Waals surface area contributed by atoms with Crippen molar-refractivity contribution in [2.24, 2.45) is 0 Å². The number of aromatic nitrogens is 2. The first-order chi connectivity index (χ1) is 15.7. The molecule has 5 aromatic rings. The normalized spacial score (nSPS) is 10.7. The maximum absolute atomic E-state index is 11.1. The minimum Gasteiger partial charge on any atom is -0.453 e. The number of carbonyl (C=O) groups is 1. The van der Waals surface area contributed by atoms with E-state index in [-0.39, 0.29) is 0 Å². The van der Waals surface area contributed by atoms with Crippen molar-refractivity contribution in [1.82, 2.24) is 9.97 Å². The van der Waals surface area contributed by atoms with Gasteiger partial charge in [-0.25, -0.2) is 9.78 Å². The number of amides is 1. The van der Waals surface area contributed by atoms with Gasteiger partial charge in [-0.1, -0.05) is 55.5 Å². The Labute approximate surface area is 191 Å². The van der Waals surface area contributed by atoms with E-state index >= 15 is 0 Å². The minimum absolute atomic E-state index is 0.398. The number of anilines is 1. The topological polar surface area (TPSA) is 67.0 Å². The highest BCUT2D eigenvalue weighted by Crippen LogP contribution is 2.24. The molecule has 0 atom stereocenters. The number of ether oxygens (including phenoxy) is 1. The summed E-state index contributed by atoms with van der Waals surface area (Å²) in [6, 6.07) is 27.4. The third-order valence-electron chi connectivity index (χ3n) is 4.95. The lowest BCUT2D eigenvalue weighted by Gasteiger charge is -2.00. The van der Waals surface area contributed by atoms with E-state index in [0.717, 1.165) is 23.2 Å². The molecular formula is C26H25N3O2S. The van der Waals surface area contributed by atoms with Gasteiger partial charge >= 0.3 is 6.09 Å². The molecule has 5 rings (SSSR count). The number of hydrogen-bond acceptors (Lipinski definition) is 4. The van der Waals surface area contributed by atoms with Crippen LogP contribution in [0.3, 0.4) is 0 Å². The van der Waals surface area contributed by atoms with E-state index < -0.39 is 6.09 Å². The number of thioether (sulfide) groups is 1. The fraction of sp³-hybridized carbons (Fsp3) is 0.154. The first-order valence-corrected chi connectivity index (χ1v) is 11.5. The third-order valence-corrected chi connectivity index (χ3v) is 6.15. The molecule has 32 heavy (non-hydrogen) atoms. The van der Waals surface area contributed by atoms with Crippen LogP contribution >= 0.6 is 11.8 Å². The van der Waals surface area contributed by atoms with Crippen molar-refractivity contribution in [1.29, 1.82) is 0 Å². The molecule has 4 aromatic carbocycles. The standard InChI is InChI=1S/C14H10.C12H15N3O2S/c1-2-6-12-10-14-8-4-3-7-13(14)9-11(12)5-1;1-3-6-18-8-4-5-9-10(7-8)14-11(13-9)15-12(16)17-2/h1-10H;4-5,7H,3,6H2,1-2H3,(H2,13,14,15,16). The van der Waals surface area contributed by atoms with Crippen molar-refractivity contribution in [3.63, 3.8) is 0 Å². The SMILES string of the molecule is CCCSc1ccc2nc(NC(=O)OC)[nH]c2c1.c1ccc2cc3ccccc3cc2c1. The predicted molar refractivity (Wildman–Crippen MR) is 135 cm³/mol. The van der Waals surface area contributed by atoms with E-state index in [1.165, 1.54) is 33.6 Å². The summed E-state index contributed by atoms with van der Waals surface area (Å²) >= 11 is 1.80. The second kappa shape index (κ2) is 10.2. The van der Waals surface area contributed by atoms with Crippen molar-refractivity contribution in [2.75, 3.05) is 18.2 Å². The van der Waals surface area contributed by atoms with Crippen molar-refractivity contribution in [3.8, 4) is 0 Å². The highest BCUT2D eigenvalue weighted by atomic mass is 32.2. The molecule has 0 bridgehead atoms. The van der Waals surface area contributed by atoms with Gasteiger partial charge in [0.25, 0.3) is 0 Å². The Balaban J connectivity index is 0.000000157. The van der Waals surface area contributed by atoms with E-state index in [1.807, 2.05) is 18.2 Å². The molecule has 162 valence electrons. The summed E-state index contributed by atoms with van der Waals surface area (Å²) in [5.74, 6) is 1.49. The van der Waals surface area contributed by atoms with Gasteiger partial charge in [-0.2, -0.15) is 0 Å². The number of H-pyrrole nitrogens is 1. The van der Waals surface area contributed by atoms with Gasteiger partial charge in [0.05, 0.1) is 18.1 Å². The molecule has 1 heterocycles. The van der Waals surface area contributed by atoms with Crippen molar-refractivity contribution < 1.29 is 9.53 Å². The van der Waals surface area contributed by atoms with Crippen LogP contribution in [-0.4, -0.2) is 28.9 Å². The van der Waals surface area contributed by atoms with E-state index in [0.29, 0.717) is 5.95 Å². The summed E-state index contributed by atoms with van der Waals surface area (Å²) in [5, 5.41) is 7.75. The lowest BCUT2D eigenvalue weighted by molar-refractivity contribution is 0.186. The lowest BCUT2D eigenvalue weighted by atomic mass is 10.0. The number of aromatic amines is 1. The van der Waals surface area contributed by atoms with Gasteiger partial charge in [0.2, 0.25) is 5.95 Å². The van der Waals surface area contributed by atoms with E-state index in [2.05, 4.69) is 87.6 Å². The molecule has 0 aliphatic heterocycles. The van der Waals surface area contributed by atoms with Crippen LogP contribution in [0.2, 0.25) is 0 Å².